The summed E-state index contributed by atoms with van der Waals surface area (Å²) in [6.45, 7) is 3.06. The van der Waals surface area contributed by atoms with Crippen molar-refractivity contribution in [1.29, 1.82) is 0 Å². The van der Waals surface area contributed by atoms with E-state index in [4.69, 9.17) is 21.1 Å². The fourth-order valence-corrected chi connectivity index (χ4v) is 4.26. The molecule has 0 radical (unpaired) electrons. The van der Waals surface area contributed by atoms with E-state index in [2.05, 4.69) is 31.5 Å². The number of benzene rings is 2. The summed E-state index contributed by atoms with van der Waals surface area (Å²) in [6, 6.07) is 13.5. The molecule has 0 bridgehead atoms. The molecule has 7 heteroatoms. The summed E-state index contributed by atoms with van der Waals surface area (Å²) in [5.74, 6) is 0.576. The zero-order valence-electron chi connectivity index (χ0n) is 17.9. The number of nitrogens with one attached hydrogen (secondary N) is 1. The molecule has 2 aliphatic rings. The maximum Gasteiger partial charge on any atom is 0.255 e. The van der Waals surface area contributed by atoms with Crippen LogP contribution in [-0.2, 0) is 16.1 Å². The molecule has 31 heavy (non-hydrogen) atoms. The van der Waals surface area contributed by atoms with Gasteiger partial charge in [0.25, 0.3) is 5.91 Å². The van der Waals surface area contributed by atoms with E-state index in [0.29, 0.717) is 16.7 Å². The Bertz CT molecular complexity index is 954. The van der Waals surface area contributed by atoms with Crippen molar-refractivity contribution in [2.24, 2.45) is 0 Å². The van der Waals surface area contributed by atoms with Crippen molar-refractivity contribution >= 4 is 29.3 Å². The van der Waals surface area contributed by atoms with Gasteiger partial charge in [0.15, 0.2) is 0 Å². The zero-order chi connectivity index (χ0) is 21.1. The molecule has 4 rings (SSSR count). The summed E-state index contributed by atoms with van der Waals surface area (Å²) in [5, 5.41) is 3.58. The summed E-state index contributed by atoms with van der Waals surface area (Å²) < 4.78 is 12.3. The number of carbonyl (C=O) groups excluding carboxylic acids is 1. The molecule has 0 saturated carbocycles. The van der Waals surface area contributed by atoms with Gasteiger partial charge in [-0.3, -0.25) is 4.79 Å². The SMILES string of the molecule is C[N+](C)(Cc1ccc(NC(=O)C2=Cc3cc(Cl)ccc3OC2)cc1)CC1CCCO1.[I-]. The molecule has 1 saturated heterocycles. The molecule has 166 valence electrons. The van der Waals surface area contributed by atoms with Gasteiger partial charge in [0.2, 0.25) is 0 Å². The molecule has 0 spiro atoms. The summed E-state index contributed by atoms with van der Waals surface area (Å²) in [4.78, 5) is 12.7. The third-order valence-electron chi connectivity index (χ3n) is 5.52. The topological polar surface area (TPSA) is 47.6 Å². The molecule has 0 aromatic heterocycles. The zero-order valence-corrected chi connectivity index (χ0v) is 20.8. The van der Waals surface area contributed by atoms with E-state index < -0.39 is 0 Å². The summed E-state index contributed by atoms with van der Waals surface area (Å²) in [7, 11) is 4.47. The number of nitrogens with zero attached hydrogens (tertiary/aromatic N) is 1. The molecule has 1 amide bonds. The van der Waals surface area contributed by atoms with Crippen molar-refractivity contribution in [2.75, 3.05) is 39.2 Å². The maximum absolute atomic E-state index is 12.7. The minimum atomic E-state index is -0.164. The predicted octanol–water partition coefficient (Wildman–Crippen LogP) is 1.51. The predicted molar refractivity (Wildman–Crippen MR) is 120 cm³/mol. The van der Waals surface area contributed by atoms with Crippen LogP contribution in [0.1, 0.15) is 24.0 Å². The highest BCUT2D eigenvalue weighted by Gasteiger charge is 2.26. The fraction of sp³-hybridized carbons (Fsp3) is 0.375. The van der Waals surface area contributed by atoms with Crippen molar-refractivity contribution < 1.29 is 42.7 Å². The number of fused-ring (bicyclic) bond motifs is 1. The van der Waals surface area contributed by atoms with E-state index in [-0.39, 0.29) is 36.5 Å². The third-order valence-corrected chi connectivity index (χ3v) is 5.76. The van der Waals surface area contributed by atoms with Crippen LogP contribution in [0.25, 0.3) is 6.08 Å². The van der Waals surface area contributed by atoms with Crippen LogP contribution in [0.5, 0.6) is 5.75 Å². The lowest BCUT2D eigenvalue weighted by Gasteiger charge is -2.32. The van der Waals surface area contributed by atoms with E-state index in [1.165, 1.54) is 12.0 Å². The number of halogens is 2. The smallest absolute Gasteiger partial charge is 0.255 e. The maximum atomic E-state index is 12.7. The van der Waals surface area contributed by atoms with Gasteiger partial charge >= 0.3 is 0 Å². The van der Waals surface area contributed by atoms with Gasteiger partial charge in [0.05, 0.1) is 19.7 Å². The van der Waals surface area contributed by atoms with Crippen LogP contribution in [0, 0.1) is 0 Å². The Morgan fingerprint density at radius 3 is 2.68 bits per heavy atom. The van der Waals surface area contributed by atoms with E-state index in [0.717, 1.165) is 47.6 Å². The first kappa shape index (κ1) is 24.0. The molecule has 1 N–H and O–H groups in total. The normalized spacial score (nSPS) is 17.8. The Hall–Kier alpha value is -1.61. The van der Waals surface area contributed by atoms with Crippen molar-refractivity contribution in [1.82, 2.24) is 0 Å². The first-order valence-corrected chi connectivity index (χ1v) is 10.7. The van der Waals surface area contributed by atoms with Crippen LogP contribution in [0.15, 0.2) is 48.0 Å². The number of quaternary nitrogens is 1. The Labute approximate surface area is 206 Å². The van der Waals surface area contributed by atoms with Gasteiger partial charge in [-0.1, -0.05) is 23.7 Å². The van der Waals surface area contributed by atoms with Gasteiger partial charge in [-0.2, -0.15) is 0 Å². The molecule has 1 unspecified atom stereocenters. The van der Waals surface area contributed by atoms with Crippen molar-refractivity contribution in [3.8, 4) is 5.75 Å². The van der Waals surface area contributed by atoms with Gasteiger partial charge in [-0.05, 0) is 49.2 Å². The molecule has 0 aliphatic carbocycles. The van der Waals surface area contributed by atoms with Crippen molar-refractivity contribution in [3.05, 3.63) is 64.2 Å². The van der Waals surface area contributed by atoms with E-state index in [1.807, 2.05) is 24.3 Å². The molecule has 2 aliphatic heterocycles. The summed E-state index contributed by atoms with van der Waals surface area (Å²) in [6.07, 6.45) is 4.52. The first-order valence-electron chi connectivity index (χ1n) is 10.3. The highest BCUT2D eigenvalue weighted by atomic mass is 127. The van der Waals surface area contributed by atoms with E-state index in [9.17, 15) is 4.79 Å². The second kappa shape index (κ2) is 10.3. The van der Waals surface area contributed by atoms with Crippen LogP contribution in [0.4, 0.5) is 5.69 Å². The van der Waals surface area contributed by atoms with Crippen molar-refractivity contribution in [3.63, 3.8) is 0 Å². The van der Waals surface area contributed by atoms with Crippen LogP contribution in [-0.4, -0.2) is 50.3 Å². The minimum absolute atomic E-state index is 0. The lowest BCUT2D eigenvalue weighted by atomic mass is 10.1. The van der Waals surface area contributed by atoms with E-state index >= 15 is 0 Å². The number of likely N-dealkylation sites (N-methyl/N-ethyl adjacent to an activating group) is 1. The number of hydrogen-bond acceptors (Lipinski definition) is 3. The van der Waals surface area contributed by atoms with Gasteiger partial charge in [-0.25, -0.2) is 0 Å². The molecule has 5 nitrogen and oxygen atoms in total. The number of ether oxygens (including phenoxy) is 2. The number of amides is 1. The molecular formula is C24H28ClIN2O3. The van der Waals surface area contributed by atoms with Crippen LogP contribution in [0.3, 0.4) is 0 Å². The van der Waals surface area contributed by atoms with Gasteiger partial charge < -0.3 is 43.3 Å². The average molecular weight is 555 g/mol. The molecule has 2 heterocycles. The Kier molecular flexibility index (Phi) is 8.02. The summed E-state index contributed by atoms with van der Waals surface area (Å²) >= 11 is 6.05. The van der Waals surface area contributed by atoms with Gasteiger partial charge in [0, 0.05) is 28.4 Å². The fourth-order valence-electron chi connectivity index (χ4n) is 4.08. The van der Waals surface area contributed by atoms with Crippen LogP contribution in [0.2, 0.25) is 5.02 Å². The van der Waals surface area contributed by atoms with Crippen molar-refractivity contribution in [2.45, 2.75) is 25.5 Å². The second-order valence-electron chi connectivity index (χ2n) is 8.70. The molecule has 1 fully saturated rings. The number of hydrogen-bond donors (Lipinski definition) is 1. The van der Waals surface area contributed by atoms with Crippen LogP contribution >= 0.6 is 11.6 Å². The number of rotatable bonds is 6. The molecule has 1 atom stereocenters. The molecule has 2 aromatic carbocycles. The second-order valence-corrected chi connectivity index (χ2v) is 9.14. The lowest BCUT2D eigenvalue weighted by molar-refractivity contribution is -0.906. The van der Waals surface area contributed by atoms with Gasteiger partial charge in [0.1, 0.15) is 31.5 Å². The largest absolute Gasteiger partial charge is 1.00 e. The highest BCUT2D eigenvalue weighted by molar-refractivity contribution is 6.30. The average Bonchev–Trinajstić information content (AvgIpc) is 3.20. The first-order chi connectivity index (χ1) is 14.4. The Balaban J connectivity index is 0.00000272. The quantitative estimate of drug-likeness (QED) is 0.435. The Morgan fingerprint density at radius 1 is 1.19 bits per heavy atom. The number of anilines is 1. The monoisotopic (exact) mass is 554 g/mol. The van der Waals surface area contributed by atoms with Gasteiger partial charge in [-0.15, -0.1) is 0 Å². The van der Waals surface area contributed by atoms with Crippen LogP contribution < -0.4 is 34.0 Å². The minimum Gasteiger partial charge on any atom is -1.00 e. The standard InChI is InChI=1S/C24H27ClN2O3.HI/c1-27(2,15-22-4-3-11-29-22)14-17-5-8-21(9-6-17)26-24(28)19-12-18-13-20(25)7-10-23(18)30-16-19;/h5-10,12-13,22H,3-4,11,14-16H2,1-2H3;1H. The molecular weight excluding hydrogens is 527 g/mol. The number of carbonyl (C=O) groups is 1. The Morgan fingerprint density at radius 2 is 1.97 bits per heavy atom. The lowest BCUT2D eigenvalue weighted by Crippen LogP contribution is -3.00. The molecule has 2 aromatic rings. The van der Waals surface area contributed by atoms with E-state index in [1.54, 1.807) is 12.1 Å². The summed E-state index contributed by atoms with van der Waals surface area (Å²) in [5.41, 5.74) is 3.40. The third kappa shape index (κ3) is 6.44. The highest BCUT2D eigenvalue weighted by Crippen LogP contribution is 2.29.